The molecule has 0 aliphatic rings. The van der Waals surface area contributed by atoms with E-state index >= 15 is 0 Å². The maximum atomic E-state index is 12.6. The van der Waals surface area contributed by atoms with Crippen LogP contribution in [-0.4, -0.2) is 38.5 Å². The topological polar surface area (TPSA) is 81.9 Å². The predicted octanol–water partition coefficient (Wildman–Crippen LogP) is 3.35. The molecule has 0 bridgehead atoms. The Bertz CT molecular complexity index is 910. The van der Waals surface area contributed by atoms with E-state index in [0.717, 1.165) is 12.1 Å². The number of thioether (sulfide) groups is 1. The van der Waals surface area contributed by atoms with Crippen LogP contribution in [0.5, 0.6) is 5.75 Å². The van der Waals surface area contributed by atoms with Crippen molar-refractivity contribution in [3.8, 4) is 11.4 Å². The number of nitrogens with one attached hydrogen (secondary N) is 1. The van der Waals surface area contributed by atoms with Crippen LogP contribution in [0.1, 0.15) is 19.4 Å². The summed E-state index contributed by atoms with van der Waals surface area (Å²) in [7, 11) is 1.57. The third kappa shape index (κ3) is 4.46. The number of tetrazole rings is 1. The van der Waals surface area contributed by atoms with Gasteiger partial charge in [0, 0.05) is 0 Å². The number of hydrogen-bond acceptors (Lipinski definition) is 6. The predicted molar refractivity (Wildman–Crippen MR) is 105 cm³/mol. The second-order valence-corrected chi connectivity index (χ2v) is 7.15. The molecule has 27 heavy (non-hydrogen) atoms. The SMILES string of the molecule is CCc1ccc(-n2nnnc2S[C@@H](C)C(=O)Nc2ccccc2OC)cc1. The first-order valence-corrected chi connectivity index (χ1v) is 9.48. The number of aromatic nitrogens is 4. The van der Waals surface area contributed by atoms with Crippen LogP contribution in [0, 0.1) is 0 Å². The Morgan fingerprint density at radius 3 is 2.67 bits per heavy atom. The summed E-state index contributed by atoms with van der Waals surface area (Å²) in [6.45, 7) is 3.92. The molecule has 0 saturated carbocycles. The molecule has 0 fully saturated rings. The number of anilines is 1. The van der Waals surface area contributed by atoms with Gasteiger partial charge < -0.3 is 10.1 Å². The van der Waals surface area contributed by atoms with Crippen molar-refractivity contribution in [1.29, 1.82) is 0 Å². The van der Waals surface area contributed by atoms with Crippen molar-refractivity contribution < 1.29 is 9.53 Å². The number of para-hydroxylation sites is 2. The molecule has 1 atom stereocenters. The second kappa shape index (κ2) is 8.68. The van der Waals surface area contributed by atoms with Gasteiger partial charge in [0.25, 0.3) is 0 Å². The van der Waals surface area contributed by atoms with E-state index in [-0.39, 0.29) is 5.91 Å². The van der Waals surface area contributed by atoms with E-state index in [2.05, 4.69) is 27.8 Å². The number of benzene rings is 2. The zero-order valence-electron chi connectivity index (χ0n) is 15.4. The fourth-order valence-electron chi connectivity index (χ4n) is 2.48. The fraction of sp³-hybridized carbons (Fsp3) is 0.263. The molecule has 1 amide bonds. The number of hydrogen-bond donors (Lipinski definition) is 1. The first-order valence-electron chi connectivity index (χ1n) is 8.60. The van der Waals surface area contributed by atoms with Gasteiger partial charge >= 0.3 is 0 Å². The maximum absolute atomic E-state index is 12.6. The lowest BCUT2D eigenvalue weighted by molar-refractivity contribution is -0.115. The minimum Gasteiger partial charge on any atom is -0.495 e. The van der Waals surface area contributed by atoms with Crippen molar-refractivity contribution in [2.75, 3.05) is 12.4 Å². The van der Waals surface area contributed by atoms with Crippen LogP contribution < -0.4 is 10.1 Å². The molecule has 1 aromatic heterocycles. The van der Waals surface area contributed by atoms with Crippen LogP contribution in [-0.2, 0) is 11.2 Å². The van der Waals surface area contributed by atoms with Gasteiger partial charge in [-0.05, 0) is 53.6 Å². The average molecular weight is 383 g/mol. The summed E-state index contributed by atoms with van der Waals surface area (Å²) in [5.41, 5.74) is 2.73. The summed E-state index contributed by atoms with van der Waals surface area (Å²) in [6, 6.07) is 15.3. The van der Waals surface area contributed by atoms with E-state index in [9.17, 15) is 4.79 Å². The highest BCUT2D eigenvalue weighted by Crippen LogP contribution is 2.27. The van der Waals surface area contributed by atoms with E-state index in [4.69, 9.17) is 4.74 Å². The van der Waals surface area contributed by atoms with Crippen molar-refractivity contribution in [2.45, 2.75) is 30.7 Å². The van der Waals surface area contributed by atoms with Gasteiger partial charge in [0.1, 0.15) is 5.75 Å². The zero-order valence-corrected chi connectivity index (χ0v) is 16.2. The molecule has 0 aliphatic carbocycles. The average Bonchev–Trinajstić information content (AvgIpc) is 3.16. The second-order valence-electron chi connectivity index (χ2n) is 5.84. The van der Waals surface area contributed by atoms with E-state index in [1.807, 2.05) is 43.3 Å². The molecule has 0 aliphatic heterocycles. The van der Waals surface area contributed by atoms with Crippen molar-refractivity contribution >= 4 is 23.4 Å². The number of nitrogens with zero attached hydrogens (tertiary/aromatic N) is 4. The Hall–Kier alpha value is -2.87. The van der Waals surface area contributed by atoms with Gasteiger partial charge in [-0.2, -0.15) is 4.68 Å². The smallest absolute Gasteiger partial charge is 0.237 e. The van der Waals surface area contributed by atoms with Gasteiger partial charge in [0.2, 0.25) is 11.1 Å². The number of carbonyl (C=O) groups excluding carboxylic acids is 1. The lowest BCUT2D eigenvalue weighted by atomic mass is 10.1. The molecule has 0 saturated heterocycles. The molecule has 8 heteroatoms. The molecule has 0 spiro atoms. The van der Waals surface area contributed by atoms with Gasteiger partial charge in [0.05, 0.1) is 23.7 Å². The third-order valence-corrected chi connectivity index (χ3v) is 5.08. The van der Waals surface area contributed by atoms with Crippen LogP contribution in [0.2, 0.25) is 0 Å². The van der Waals surface area contributed by atoms with Gasteiger partial charge in [0.15, 0.2) is 0 Å². The lowest BCUT2D eigenvalue weighted by Gasteiger charge is -2.13. The largest absolute Gasteiger partial charge is 0.495 e. The quantitative estimate of drug-likeness (QED) is 0.630. The van der Waals surface area contributed by atoms with Crippen molar-refractivity contribution in [3.63, 3.8) is 0 Å². The number of aryl methyl sites for hydroxylation is 1. The normalized spacial score (nSPS) is 11.8. The van der Waals surface area contributed by atoms with E-state index in [1.54, 1.807) is 23.9 Å². The van der Waals surface area contributed by atoms with Crippen LogP contribution in [0.15, 0.2) is 53.7 Å². The van der Waals surface area contributed by atoms with Gasteiger partial charge in [-0.15, -0.1) is 5.10 Å². The standard InChI is InChI=1S/C19H21N5O2S/c1-4-14-9-11-15(12-10-14)24-19(21-22-23-24)27-13(2)18(25)20-16-7-5-6-8-17(16)26-3/h5-13H,4H2,1-3H3,(H,20,25)/t13-/m0/s1. The van der Waals surface area contributed by atoms with Crippen molar-refractivity contribution in [3.05, 3.63) is 54.1 Å². The Kier molecular flexibility index (Phi) is 6.08. The molecule has 1 N–H and O–H groups in total. The highest BCUT2D eigenvalue weighted by molar-refractivity contribution is 8.00. The summed E-state index contributed by atoms with van der Waals surface area (Å²) in [6.07, 6.45) is 0.970. The summed E-state index contributed by atoms with van der Waals surface area (Å²) in [4.78, 5) is 12.6. The molecule has 2 aromatic carbocycles. The van der Waals surface area contributed by atoms with Gasteiger partial charge in [-0.1, -0.05) is 43.0 Å². The molecule has 0 radical (unpaired) electrons. The molecular weight excluding hydrogens is 362 g/mol. The molecule has 140 valence electrons. The van der Waals surface area contributed by atoms with Crippen LogP contribution in [0.4, 0.5) is 5.69 Å². The Labute approximate surface area is 162 Å². The molecule has 7 nitrogen and oxygen atoms in total. The van der Waals surface area contributed by atoms with E-state index in [1.165, 1.54) is 17.3 Å². The van der Waals surface area contributed by atoms with Crippen LogP contribution in [0.25, 0.3) is 5.69 Å². The molecule has 1 heterocycles. The first kappa shape index (κ1) is 18.9. The number of ether oxygens (including phenoxy) is 1. The molecule has 3 aromatic rings. The number of methoxy groups -OCH3 is 1. The Morgan fingerprint density at radius 2 is 1.96 bits per heavy atom. The Balaban J connectivity index is 1.71. The number of carbonyl (C=O) groups is 1. The number of rotatable bonds is 7. The van der Waals surface area contributed by atoms with E-state index in [0.29, 0.717) is 16.6 Å². The van der Waals surface area contributed by atoms with Crippen LogP contribution >= 0.6 is 11.8 Å². The lowest BCUT2D eigenvalue weighted by Crippen LogP contribution is -2.23. The minimum absolute atomic E-state index is 0.152. The fourth-order valence-corrected chi connectivity index (χ4v) is 3.29. The van der Waals surface area contributed by atoms with Gasteiger partial charge in [-0.25, -0.2) is 0 Å². The molecule has 0 unspecified atom stereocenters. The highest BCUT2D eigenvalue weighted by Gasteiger charge is 2.20. The summed E-state index contributed by atoms with van der Waals surface area (Å²) < 4.78 is 6.91. The highest BCUT2D eigenvalue weighted by atomic mass is 32.2. The minimum atomic E-state index is -0.394. The van der Waals surface area contributed by atoms with Crippen molar-refractivity contribution in [2.24, 2.45) is 0 Å². The monoisotopic (exact) mass is 383 g/mol. The first-order chi connectivity index (χ1) is 13.1. The molecular formula is C19H21N5O2S. The van der Waals surface area contributed by atoms with Crippen molar-refractivity contribution in [1.82, 2.24) is 20.2 Å². The summed E-state index contributed by atoms with van der Waals surface area (Å²) >= 11 is 1.30. The third-order valence-electron chi connectivity index (χ3n) is 4.05. The zero-order chi connectivity index (χ0) is 19.2. The molecule has 3 rings (SSSR count). The maximum Gasteiger partial charge on any atom is 0.237 e. The number of amides is 1. The van der Waals surface area contributed by atoms with Gasteiger partial charge in [-0.3, -0.25) is 4.79 Å². The summed E-state index contributed by atoms with van der Waals surface area (Å²) in [5.74, 6) is 0.462. The van der Waals surface area contributed by atoms with Crippen LogP contribution in [0.3, 0.4) is 0 Å². The Morgan fingerprint density at radius 1 is 1.22 bits per heavy atom. The van der Waals surface area contributed by atoms with E-state index < -0.39 is 5.25 Å². The summed E-state index contributed by atoms with van der Waals surface area (Å²) in [5, 5.41) is 14.9.